The molecule has 4 heteroatoms. The number of ether oxygens (including phenoxy) is 2. The monoisotopic (exact) mass is 230 g/mol. The van der Waals surface area contributed by atoms with Crippen molar-refractivity contribution < 1.29 is 9.47 Å². The van der Waals surface area contributed by atoms with Gasteiger partial charge in [-0.1, -0.05) is 0 Å². The predicted octanol–water partition coefficient (Wildman–Crippen LogP) is 0.707. The van der Waals surface area contributed by atoms with Crippen molar-refractivity contribution in [3.8, 4) is 0 Å². The highest BCUT2D eigenvalue weighted by Crippen LogP contribution is 2.31. The molecule has 1 fully saturated rings. The van der Waals surface area contributed by atoms with Crippen LogP contribution >= 0.6 is 0 Å². The third kappa shape index (κ3) is 4.78. The van der Waals surface area contributed by atoms with Crippen LogP contribution in [0.4, 0.5) is 0 Å². The molecule has 2 atom stereocenters. The lowest BCUT2D eigenvalue weighted by Gasteiger charge is -2.30. The van der Waals surface area contributed by atoms with E-state index in [-0.39, 0.29) is 0 Å². The third-order valence-corrected chi connectivity index (χ3v) is 3.29. The lowest BCUT2D eigenvalue weighted by Crippen LogP contribution is -2.46. The Morgan fingerprint density at radius 3 is 2.50 bits per heavy atom. The molecule has 0 saturated heterocycles. The van der Waals surface area contributed by atoms with Gasteiger partial charge in [-0.3, -0.25) is 4.90 Å². The molecule has 1 rings (SSSR count). The first-order chi connectivity index (χ1) is 7.69. The SMILES string of the molecule is COCCN(CC(N)C1CC1)C(C)COC. The first-order valence-electron chi connectivity index (χ1n) is 6.16. The first-order valence-corrected chi connectivity index (χ1v) is 6.16. The summed E-state index contributed by atoms with van der Waals surface area (Å²) in [4.78, 5) is 2.37. The number of nitrogens with two attached hydrogens (primary N) is 1. The van der Waals surface area contributed by atoms with Crippen LogP contribution in [0.5, 0.6) is 0 Å². The summed E-state index contributed by atoms with van der Waals surface area (Å²) in [6.07, 6.45) is 2.61. The highest BCUT2D eigenvalue weighted by atomic mass is 16.5. The lowest BCUT2D eigenvalue weighted by molar-refractivity contribution is 0.0700. The highest BCUT2D eigenvalue weighted by molar-refractivity contribution is 4.87. The molecule has 4 nitrogen and oxygen atoms in total. The molecule has 0 aromatic carbocycles. The number of hydrogen-bond acceptors (Lipinski definition) is 4. The molecule has 1 saturated carbocycles. The number of hydrogen-bond donors (Lipinski definition) is 1. The van der Waals surface area contributed by atoms with E-state index in [1.165, 1.54) is 12.8 Å². The van der Waals surface area contributed by atoms with Gasteiger partial charge in [0.1, 0.15) is 0 Å². The average molecular weight is 230 g/mol. The summed E-state index contributed by atoms with van der Waals surface area (Å²) in [6.45, 7) is 5.57. The minimum Gasteiger partial charge on any atom is -0.383 e. The maximum atomic E-state index is 6.16. The number of methoxy groups -OCH3 is 2. The zero-order chi connectivity index (χ0) is 12.0. The van der Waals surface area contributed by atoms with Crippen LogP contribution in [0.2, 0.25) is 0 Å². The molecule has 2 unspecified atom stereocenters. The molecular formula is C12H26N2O2. The van der Waals surface area contributed by atoms with Crippen LogP contribution in [-0.4, -0.2) is 57.5 Å². The fourth-order valence-corrected chi connectivity index (χ4v) is 1.99. The van der Waals surface area contributed by atoms with Gasteiger partial charge < -0.3 is 15.2 Å². The van der Waals surface area contributed by atoms with Crippen LogP contribution in [0.25, 0.3) is 0 Å². The molecule has 0 radical (unpaired) electrons. The topological polar surface area (TPSA) is 47.7 Å². The molecule has 0 spiro atoms. The van der Waals surface area contributed by atoms with E-state index >= 15 is 0 Å². The molecule has 0 amide bonds. The highest BCUT2D eigenvalue weighted by Gasteiger charge is 2.30. The Labute approximate surface area is 99.1 Å². The van der Waals surface area contributed by atoms with E-state index in [0.717, 1.165) is 32.2 Å². The Bertz CT molecular complexity index is 186. The zero-order valence-electron chi connectivity index (χ0n) is 10.8. The van der Waals surface area contributed by atoms with Gasteiger partial charge in [0.2, 0.25) is 0 Å². The molecule has 0 heterocycles. The Balaban J connectivity index is 2.34. The van der Waals surface area contributed by atoms with E-state index in [1.807, 2.05) is 0 Å². The Hall–Kier alpha value is -0.160. The maximum absolute atomic E-state index is 6.16. The van der Waals surface area contributed by atoms with Crippen LogP contribution in [0.15, 0.2) is 0 Å². The molecule has 0 aliphatic heterocycles. The minimum absolute atomic E-state index is 0.316. The third-order valence-electron chi connectivity index (χ3n) is 3.29. The number of rotatable bonds is 9. The zero-order valence-corrected chi connectivity index (χ0v) is 10.8. The summed E-state index contributed by atoms with van der Waals surface area (Å²) in [5.74, 6) is 0.750. The van der Waals surface area contributed by atoms with Crippen LogP contribution in [0.1, 0.15) is 19.8 Å². The van der Waals surface area contributed by atoms with Gasteiger partial charge in [0, 0.05) is 39.4 Å². The van der Waals surface area contributed by atoms with Gasteiger partial charge in [0.15, 0.2) is 0 Å². The van der Waals surface area contributed by atoms with Crippen LogP contribution < -0.4 is 5.73 Å². The molecule has 1 aliphatic carbocycles. The molecule has 0 bridgehead atoms. The fourth-order valence-electron chi connectivity index (χ4n) is 1.99. The van der Waals surface area contributed by atoms with Gasteiger partial charge in [-0.25, -0.2) is 0 Å². The molecule has 0 aromatic rings. The van der Waals surface area contributed by atoms with Crippen molar-refractivity contribution >= 4 is 0 Å². The van der Waals surface area contributed by atoms with Crippen molar-refractivity contribution in [1.29, 1.82) is 0 Å². The second-order valence-electron chi connectivity index (χ2n) is 4.79. The van der Waals surface area contributed by atoms with Crippen molar-refractivity contribution in [3.63, 3.8) is 0 Å². The smallest absolute Gasteiger partial charge is 0.0615 e. The van der Waals surface area contributed by atoms with Gasteiger partial charge in [0.05, 0.1) is 13.2 Å². The second kappa shape index (κ2) is 7.22. The first kappa shape index (κ1) is 13.9. The van der Waals surface area contributed by atoms with Crippen molar-refractivity contribution in [3.05, 3.63) is 0 Å². The molecule has 96 valence electrons. The van der Waals surface area contributed by atoms with Crippen molar-refractivity contribution in [1.82, 2.24) is 4.90 Å². The summed E-state index contributed by atoms with van der Waals surface area (Å²) in [7, 11) is 3.48. The Morgan fingerprint density at radius 2 is 2.00 bits per heavy atom. The van der Waals surface area contributed by atoms with E-state index in [1.54, 1.807) is 14.2 Å². The predicted molar refractivity (Wildman–Crippen MR) is 65.5 cm³/mol. The van der Waals surface area contributed by atoms with Gasteiger partial charge in [0.25, 0.3) is 0 Å². The van der Waals surface area contributed by atoms with Crippen LogP contribution in [-0.2, 0) is 9.47 Å². The average Bonchev–Trinajstić information content (AvgIpc) is 3.07. The van der Waals surface area contributed by atoms with Gasteiger partial charge >= 0.3 is 0 Å². The largest absolute Gasteiger partial charge is 0.383 e. The summed E-state index contributed by atoms with van der Waals surface area (Å²) >= 11 is 0. The standard InChI is InChI=1S/C12H26N2O2/c1-10(9-16-3)14(6-7-15-2)8-12(13)11-4-5-11/h10-12H,4-9,13H2,1-3H3. The van der Waals surface area contributed by atoms with Crippen LogP contribution in [0, 0.1) is 5.92 Å². The quantitative estimate of drug-likeness (QED) is 0.633. The van der Waals surface area contributed by atoms with Gasteiger partial charge in [-0.05, 0) is 25.7 Å². The molecular weight excluding hydrogens is 204 g/mol. The fraction of sp³-hybridized carbons (Fsp3) is 1.00. The van der Waals surface area contributed by atoms with Crippen molar-refractivity contribution in [2.45, 2.75) is 31.8 Å². The summed E-state index contributed by atoms with van der Waals surface area (Å²) in [5, 5.41) is 0. The summed E-state index contributed by atoms with van der Waals surface area (Å²) < 4.78 is 10.3. The Morgan fingerprint density at radius 1 is 1.31 bits per heavy atom. The van der Waals surface area contributed by atoms with E-state index in [0.29, 0.717) is 12.1 Å². The van der Waals surface area contributed by atoms with Gasteiger partial charge in [-0.2, -0.15) is 0 Å². The van der Waals surface area contributed by atoms with E-state index in [4.69, 9.17) is 15.2 Å². The van der Waals surface area contributed by atoms with Crippen molar-refractivity contribution in [2.24, 2.45) is 11.7 Å². The van der Waals surface area contributed by atoms with Crippen molar-refractivity contribution in [2.75, 3.05) is 40.5 Å². The molecule has 0 aromatic heterocycles. The normalized spacial score (nSPS) is 20.1. The Kier molecular flexibility index (Phi) is 6.28. The lowest BCUT2D eigenvalue weighted by atomic mass is 10.1. The summed E-state index contributed by atoms with van der Waals surface area (Å²) in [5.41, 5.74) is 6.16. The van der Waals surface area contributed by atoms with E-state index in [2.05, 4.69) is 11.8 Å². The van der Waals surface area contributed by atoms with E-state index < -0.39 is 0 Å². The maximum Gasteiger partial charge on any atom is 0.0615 e. The molecule has 16 heavy (non-hydrogen) atoms. The molecule has 2 N–H and O–H groups in total. The molecule has 1 aliphatic rings. The van der Waals surface area contributed by atoms with Gasteiger partial charge in [-0.15, -0.1) is 0 Å². The number of nitrogens with zero attached hydrogens (tertiary/aromatic N) is 1. The van der Waals surface area contributed by atoms with E-state index in [9.17, 15) is 0 Å². The summed E-state index contributed by atoms with van der Waals surface area (Å²) in [6, 6.07) is 0.723. The second-order valence-corrected chi connectivity index (χ2v) is 4.79. The van der Waals surface area contributed by atoms with Crippen LogP contribution in [0.3, 0.4) is 0 Å². The minimum atomic E-state index is 0.316.